The molecule has 0 aromatic rings. The predicted molar refractivity (Wildman–Crippen MR) is 71.2 cm³/mol. The molecular weight excluding hydrogens is 228 g/mol. The molecule has 2 rings (SSSR count). The molecule has 0 aromatic heterocycles. The second-order valence-corrected chi connectivity index (χ2v) is 6.19. The molecule has 0 saturated carbocycles. The highest BCUT2D eigenvalue weighted by Gasteiger charge is 2.30. The molecule has 1 amide bonds. The summed E-state index contributed by atoms with van der Waals surface area (Å²) < 4.78 is 0. The highest BCUT2D eigenvalue weighted by Crippen LogP contribution is 2.22. The van der Waals surface area contributed by atoms with Crippen molar-refractivity contribution in [3.05, 3.63) is 0 Å². The van der Waals surface area contributed by atoms with Crippen molar-refractivity contribution < 1.29 is 9.90 Å². The highest BCUT2D eigenvalue weighted by atomic mass is 16.3. The van der Waals surface area contributed by atoms with Crippen LogP contribution in [0.5, 0.6) is 0 Å². The van der Waals surface area contributed by atoms with E-state index in [-0.39, 0.29) is 18.6 Å². The van der Waals surface area contributed by atoms with Crippen LogP contribution in [0.1, 0.15) is 33.1 Å². The van der Waals surface area contributed by atoms with Crippen LogP contribution in [-0.2, 0) is 4.79 Å². The minimum atomic E-state index is 0.181. The zero-order valence-electron chi connectivity index (χ0n) is 11.6. The van der Waals surface area contributed by atoms with Gasteiger partial charge >= 0.3 is 0 Å². The van der Waals surface area contributed by atoms with Gasteiger partial charge in [-0.05, 0) is 37.6 Å². The van der Waals surface area contributed by atoms with Crippen LogP contribution in [0.15, 0.2) is 0 Å². The molecule has 0 radical (unpaired) electrons. The average Bonchev–Trinajstić information content (AvgIpc) is 2.75. The Kier molecular flexibility index (Phi) is 4.62. The predicted octanol–water partition coefficient (Wildman–Crippen LogP) is 0.948. The second kappa shape index (κ2) is 6.02. The van der Waals surface area contributed by atoms with Gasteiger partial charge in [-0.2, -0.15) is 0 Å². The molecule has 3 unspecified atom stereocenters. The van der Waals surface area contributed by atoms with Gasteiger partial charge in [-0.1, -0.05) is 13.8 Å². The van der Waals surface area contributed by atoms with Crippen molar-refractivity contribution >= 4 is 5.91 Å². The van der Waals surface area contributed by atoms with E-state index in [9.17, 15) is 9.90 Å². The van der Waals surface area contributed by atoms with Gasteiger partial charge in [-0.3, -0.25) is 9.69 Å². The largest absolute Gasteiger partial charge is 0.395 e. The van der Waals surface area contributed by atoms with Crippen molar-refractivity contribution in [1.82, 2.24) is 9.80 Å². The van der Waals surface area contributed by atoms with E-state index in [1.807, 2.05) is 4.90 Å². The molecule has 3 atom stereocenters. The first kappa shape index (κ1) is 13.8. The van der Waals surface area contributed by atoms with Crippen LogP contribution in [0.4, 0.5) is 0 Å². The van der Waals surface area contributed by atoms with Crippen LogP contribution < -0.4 is 0 Å². The normalized spacial score (nSPS) is 33.9. The molecule has 2 heterocycles. The Morgan fingerprint density at radius 3 is 2.56 bits per heavy atom. The second-order valence-electron chi connectivity index (χ2n) is 6.19. The number of likely N-dealkylation sites (tertiary alicyclic amines) is 2. The number of aliphatic hydroxyl groups is 1. The van der Waals surface area contributed by atoms with Crippen molar-refractivity contribution in [2.24, 2.45) is 11.8 Å². The van der Waals surface area contributed by atoms with Gasteiger partial charge in [0.15, 0.2) is 0 Å². The first-order valence-electron chi connectivity index (χ1n) is 7.22. The van der Waals surface area contributed by atoms with E-state index in [2.05, 4.69) is 18.7 Å². The molecule has 1 N–H and O–H groups in total. The lowest BCUT2D eigenvalue weighted by atomic mass is 9.92. The zero-order chi connectivity index (χ0) is 13.1. The molecule has 104 valence electrons. The van der Waals surface area contributed by atoms with E-state index in [4.69, 9.17) is 0 Å². The zero-order valence-corrected chi connectivity index (χ0v) is 11.6. The Morgan fingerprint density at radius 2 is 1.94 bits per heavy atom. The molecule has 0 aromatic carbocycles. The third kappa shape index (κ3) is 3.23. The number of amides is 1. The van der Waals surface area contributed by atoms with Crippen molar-refractivity contribution in [3.63, 3.8) is 0 Å². The van der Waals surface area contributed by atoms with Gasteiger partial charge in [0, 0.05) is 19.1 Å². The Balaban J connectivity index is 1.87. The fourth-order valence-corrected chi connectivity index (χ4v) is 3.45. The molecular formula is C14H26N2O2. The Labute approximate surface area is 110 Å². The van der Waals surface area contributed by atoms with E-state index in [1.54, 1.807) is 0 Å². The molecule has 2 fully saturated rings. The number of aliphatic hydroxyl groups excluding tert-OH is 1. The van der Waals surface area contributed by atoms with Crippen molar-refractivity contribution in [2.75, 3.05) is 32.8 Å². The smallest absolute Gasteiger partial charge is 0.236 e. The van der Waals surface area contributed by atoms with Crippen molar-refractivity contribution in [1.29, 1.82) is 0 Å². The van der Waals surface area contributed by atoms with E-state index in [0.717, 1.165) is 32.5 Å². The van der Waals surface area contributed by atoms with Gasteiger partial charge in [0.1, 0.15) is 0 Å². The van der Waals surface area contributed by atoms with Crippen LogP contribution in [-0.4, -0.2) is 59.6 Å². The monoisotopic (exact) mass is 254 g/mol. The molecule has 0 spiro atoms. The maximum Gasteiger partial charge on any atom is 0.236 e. The van der Waals surface area contributed by atoms with Gasteiger partial charge in [0.2, 0.25) is 5.91 Å². The summed E-state index contributed by atoms with van der Waals surface area (Å²) in [6.45, 7) is 7.88. The van der Waals surface area contributed by atoms with Crippen LogP contribution in [0.2, 0.25) is 0 Å². The standard InChI is InChI=1S/C14H26N2O2/c1-11-6-12(2)8-16(7-11)14(18)9-15-5-3-4-13(15)10-17/h11-13,17H,3-10H2,1-2H3. The number of rotatable bonds is 3. The molecule has 2 saturated heterocycles. The quantitative estimate of drug-likeness (QED) is 0.815. The molecule has 18 heavy (non-hydrogen) atoms. The maximum absolute atomic E-state index is 12.3. The highest BCUT2D eigenvalue weighted by molar-refractivity contribution is 5.78. The molecule has 4 nitrogen and oxygen atoms in total. The van der Waals surface area contributed by atoms with Crippen molar-refractivity contribution in [2.45, 2.75) is 39.2 Å². The Bertz CT molecular complexity index is 286. The fourth-order valence-electron chi connectivity index (χ4n) is 3.45. The summed E-state index contributed by atoms with van der Waals surface area (Å²) in [5, 5.41) is 9.28. The van der Waals surface area contributed by atoms with Crippen molar-refractivity contribution in [3.8, 4) is 0 Å². The molecule has 4 heteroatoms. The maximum atomic E-state index is 12.3. The summed E-state index contributed by atoms with van der Waals surface area (Å²) in [7, 11) is 0. The topological polar surface area (TPSA) is 43.8 Å². The van der Waals surface area contributed by atoms with Crippen LogP contribution in [0.25, 0.3) is 0 Å². The van der Waals surface area contributed by atoms with Crippen LogP contribution in [0, 0.1) is 11.8 Å². The van der Waals surface area contributed by atoms with Gasteiger partial charge in [-0.15, -0.1) is 0 Å². The molecule has 0 aliphatic carbocycles. The first-order valence-corrected chi connectivity index (χ1v) is 7.22. The SMILES string of the molecule is CC1CC(C)CN(C(=O)CN2CCCC2CO)C1. The molecule has 2 aliphatic heterocycles. The summed E-state index contributed by atoms with van der Waals surface area (Å²) in [6, 6.07) is 0.202. The average molecular weight is 254 g/mol. The number of carbonyl (C=O) groups excluding carboxylic acids is 1. The number of piperidine rings is 1. The van der Waals surface area contributed by atoms with E-state index in [1.165, 1.54) is 6.42 Å². The van der Waals surface area contributed by atoms with Gasteiger partial charge < -0.3 is 10.0 Å². The lowest BCUT2D eigenvalue weighted by Gasteiger charge is -2.36. The van der Waals surface area contributed by atoms with Gasteiger partial charge in [0.05, 0.1) is 13.2 Å². The number of hydrogen-bond donors (Lipinski definition) is 1. The molecule has 0 bridgehead atoms. The first-order chi connectivity index (χ1) is 8.60. The van der Waals surface area contributed by atoms with Crippen LogP contribution >= 0.6 is 0 Å². The Hall–Kier alpha value is -0.610. The summed E-state index contributed by atoms with van der Waals surface area (Å²) >= 11 is 0. The van der Waals surface area contributed by atoms with E-state index >= 15 is 0 Å². The van der Waals surface area contributed by atoms with Gasteiger partial charge in [0.25, 0.3) is 0 Å². The summed E-state index contributed by atoms with van der Waals surface area (Å²) in [6.07, 6.45) is 3.36. The summed E-state index contributed by atoms with van der Waals surface area (Å²) in [5.74, 6) is 1.48. The van der Waals surface area contributed by atoms with E-state index < -0.39 is 0 Å². The van der Waals surface area contributed by atoms with Crippen LogP contribution in [0.3, 0.4) is 0 Å². The minimum Gasteiger partial charge on any atom is -0.395 e. The Morgan fingerprint density at radius 1 is 1.28 bits per heavy atom. The number of carbonyl (C=O) groups is 1. The lowest BCUT2D eigenvalue weighted by Crippen LogP contribution is -2.48. The summed E-state index contributed by atoms with van der Waals surface area (Å²) in [4.78, 5) is 16.5. The number of hydrogen-bond acceptors (Lipinski definition) is 3. The fraction of sp³-hybridized carbons (Fsp3) is 0.929. The van der Waals surface area contributed by atoms with E-state index in [0.29, 0.717) is 18.4 Å². The summed E-state index contributed by atoms with van der Waals surface area (Å²) in [5.41, 5.74) is 0. The minimum absolute atomic E-state index is 0.181. The van der Waals surface area contributed by atoms with Gasteiger partial charge in [-0.25, -0.2) is 0 Å². The molecule has 2 aliphatic rings. The third-order valence-electron chi connectivity index (χ3n) is 4.27. The third-order valence-corrected chi connectivity index (χ3v) is 4.27. The lowest BCUT2D eigenvalue weighted by molar-refractivity contribution is -0.135. The number of nitrogens with zero attached hydrogens (tertiary/aromatic N) is 2.